The van der Waals surface area contributed by atoms with Gasteiger partial charge in [0, 0.05) is 48.8 Å². The van der Waals surface area contributed by atoms with Gasteiger partial charge in [-0.2, -0.15) is 0 Å². The second kappa shape index (κ2) is 10.5. The van der Waals surface area contributed by atoms with E-state index in [4.69, 9.17) is 9.15 Å². The first kappa shape index (κ1) is 22.7. The summed E-state index contributed by atoms with van der Waals surface area (Å²) in [6, 6.07) is 17.7. The normalized spacial score (nSPS) is 11.4. The first-order valence-electron chi connectivity index (χ1n) is 11.7. The molecule has 5 rings (SSSR count). The Kier molecular flexibility index (Phi) is 6.82. The van der Waals surface area contributed by atoms with E-state index < -0.39 is 0 Å². The maximum Gasteiger partial charge on any atom is 0.197 e. The largest absolute Gasteiger partial charge is 0.497 e. The molecular weight excluding hydrogens is 438 g/mol. The first-order chi connectivity index (χ1) is 17.2. The van der Waals surface area contributed by atoms with Crippen molar-refractivity contribution in [1.29, 1.82) is 0 Å². The average molecular weight is 466 g/mol. The number of hydrogen-bond acceptors (Lipinski definition) is 6. The zero-order valence-electron chi connectivity index (χ0n) is 19.7. The predicted molar refractivity (Wildman–Crippen MR) is 137 cm³/mol. The van der Waals surface area contributed by atoms with Crippen molar-refractivity contribution >= 4 is 21.7 Å². The first-order valence-corrected chi connectivity index (χ1v) is 11.7. The third-order valence-corrected chi connectivity index (χ3v) is 6.25. The van der Waals surface area contributed by atoms with Gasteiger partial charge < -0.3 is 9.15 Å². The van der Waals surface area contributed by atoms with Crippen LogP contribution in [0.25, 0.3) is 21.7 Å². The molecule has 0 aliphatic rings. The lowest BCUT2D eigenvalue weighted by Gasteiger charge is -2.22. The molecule has 0 aliphatic carbocycles. The van der Waals surface area contributed by atoms with Gasteiger partial charge in [-0.15, -0.1) is 0 Å². The lowest BCUT2D eigenvalue weighted by molar-refractivity contribution is 0.251. The number of fused-ring (bicyclic) bond motifs is 3. The molecule has 0 radical (unpaired) electrons. The maximum atomic E-state index is 13.5. The molecule has 6 nitrogen and oxygen atoms in total. The van der Waals surface area contributed by atoms with Crippen molar-refractivity contribution in [2.75, 3.05) is 13.7 Å². The number of ether oxygens (including phenoxy) is 1. The van der Waals surface area contributed by atoms with Gasteiger partial charge in [-0.3, -0.25) is 19.7 Å². The summed E-state index contributed by atoms with van der Waals surface area (Å²) in [5.74, 6) is 0.730. The van der Waals surface area contributed by atoms with Gasteiger partial charge in [0.2, 0.25) is 0 Å². The molecule has 6 heteroatoms. The molecule has 0 saturated carbocycles. The molecule has 35 heavy (non-hydrogen) atoms. The van der Waals surface area contributed by atoms with Crippen molar-refractivity contribution < 1.29 is 9.15 Å². The highest BCUT2D eigenvalue weighted by atomic mass is 16.5. The summed E-state index contributed by atoms with van der Waals surface area (Å²) >= 11 is 0. The minimum Gasteiger partial charge on any atom is -0.497 e. The van der Waals surface area contributed by atoms with Gasteiger partial charge in [0.05, 0.1) is 18.8 Å². The molecule has 3 heterocycles. The van der Waals surface area contributed by atoms with Crippen LogP contribution in [0.4, 0.5) is 0 Å². The number of hydrogen-bond donors (Lipinski definition) is 0. The molecule has 0 N–H and O–H groups in total. The Morgan fingerprint density at radius 2 is 1.77 bits per heavy atom. The standard InChI is InChI=1S/C29H27N3O3/c1-34-25-8-6-23-7-9-26-28(33)24(20-35-29(26)27(23)16-25)19-32(18-22-10-13-30-14-11-22)15-3-5-21-4-2-12-31-17-21/h2,4,6-14,16-17,20H,3,5,15,18-19H2,1H3. The van der Waals surface area contributed by atoms with Crippen LogP contribution in [0.3, 0.4) is 0 Å². The van der Waals surface area contributed by atoms with Crippen molar-refractivity contribution in [3.8, 4) is 5.75 Å². The van der Waals surface area contributed by atoms with Gasteiger partial charge >= 0.3 is 0 Å². The molecule has 176 valence electrons. The van der Waals surface area contributed by atoms with Crippen molar-refractivity contribution in [2.45, 2.75) is 25.9 Å². The van der Waals surface area contributed by atoms with Crippen molar-refractivity contribution in [3.05, 3.63) is 113 Å². The molecule has 0 aliphatic heterocycles. The van der Waals surface area contributed by atoms with E-state index in [1.807, 2.05) is 54.7 Å². The van der Waals surface area contributed by atoms with E-state index in [-0.39, 0.29) is 5.43 Å². The molecule has 0 amide bonds. The molecule has 5 aromatic rings. The van der Waals surface area contributed by atoms with Gasteiger partial charge in [0.25, 0.3) is 0 Å². The number of benzene rings is 2. The lowest BCUT2D eigenvalue weighted by atomic mass is 10.0. The minimum atomic E-state index is 0.00274. The fraction of sp³-hybridized carbons (Fsp3) is 0.207. The monoisotopic (exact) mass is 465 g/mol. The van der Waals surface area contributed by atoms with Crippen LogP contribution in [0.5, 0.6) is 5.75 Å². The Bertz CT molecular complexity index is 1480. The van der Waals surface area contributed by atoms with Crippen LogP contribution in [-0.4, -0.2) is 28.5 Å². The Morgan fingerprint density at radius 1 is 0.914 bits per heavy atom. The van der Waals surface area contributed by atoms with Crippen LogP contribution in [0.15, 0.2) is 94.9 Å². The molecule has 0 spiro atoms. The summed E-state index contributed by atoms with van der Waals surface area (Å²) in [6.45, 7) is 2.06. The van der Waals surface area contributed by atoms with Crippen LogP contribution < -0.4 is 10.2 Å². The number of rotatable bonds is 9. The van der Waals surface area contributed by atoms with E-state index in [0.717, 1.165) is 48.0 Å². The number of aromatic nitrogens is 2. The van der Waals surface area contributed by atoms with E-state index in [1.54, 1.807) is 32.0 Å². The summed E-state index contributed by atoms with van der Waals surface area (Å²) in [5.41, 5.74) is 3.61. The summed E-state index contributed by atoms with van der Waals surface area (Å²) in [6.07, 6.45) is 10.8. The van der Waals surface area contributed by atoms with Crippen LogP contribution in [0.1, 0.15) is 23.1 Å². The second-order valence-corrected chi connectivity index (χ2v) is 8.65. The highest BCUT2D eigenvalue weighted by Gasteiger charge is 2.15. The summed E-state index contributed by atoms with van der Waals surface area (Å²) in [7, 11) is 1.63. The topological polar surface area (TPSA) is 68.5 Å². The van der Waals surface area contributed by atoms with Crippen LogP contribution in [-0.2, 0) is 19.5 Å². The zero-order valence-corrected chi connectivity index (χ0v) is 19.7. The highest BCUT2D eigenvalue weighted by molar-refractivity contribution is 6.04. The summed E-state index contributed by atoms with van der Waals surface area (Å²) < 4.78 is 11.4. The third kappa shape index (κ3) is 5.23. The minimum absolute atomic E-state index is 0.00274. The number of aryl methyl sites for hydroxylation is 1. The van der Waals surface area contributed by atoms with E-state index in [0.29, 0.717) is 23.1 Å². The summed E-state index contributed by atoms with van der Waals surface area (Å²) in [4.78, 5) is 24.1. The Hall–Kier alpha value is -4.03. The van der Waals surface area contributed by atoms with Crippen LogP contribution in [0.2, 0.25) is 0 Å². The molecule has 0 bridgehead atoms. The van der Waals surface area contributed by atoms with Gasteiger partial charge in [-0.05, 0) is 72.3 Å². The van der Waals surface area contributed by atoms with E-state index >= 15 is 0 Å². The lowest BCUT2D eigenvalue weighted by Crippen LogP contribution is -2.27. The molecular formula is C29H27N3O3. The van der Waals surface area contributed by atoms with Crippen molar-refractivity contribution in [1.82, 2.24) is 14.9 Å². The number of methoxy groups -OCH3 is 1. The zero-order chi connectivity index (χ0) is 24.0. The maximum absolute atomic E-state index is 13.5. The van der Waals surface area contributed by atoms with E-state index in [1.165, 1.54) is 5.56 Å². The van der Waals surface area contributed by atoms with Crippen LogP contribution in [0, 0.1) is 0 Å². The summed E-state index contributed by atoms with van der Waals surface area (Å²) in [5, 5.41) is 2.46. The van der Waals surface area contributed by atoms with E-state index in [9.17, 15) is 4.79 Å². The van der Waals surface area contributed by atoms with Crippen molar-refractivity contribution in [3.63, 3.8) is 0 Å². The molecule has 0 fully saturated rings. The van der Waals surface area contributed by atoms with Gasteiger partial charge in [0.15, 0.2) is 5.43 Å². The predicted octanol–water partition coefficient (Wildman–Crippen LogP) is 5.38. The Balaban J connectivity index is 1.42. The van der Waals surface area contributed by atoms with Gasteiger partial charge in [0.1, 0.15) is 11.3 Å². The molecule has 2 aromatic carbocycles. The van der Waals surface area contributed by atoms with Crippen LogP contribution >= 0.6 is 0 Å². The average Bonchev–Trinajstić information content (AvgIpc) is 2.91. The van der Waals surface area contributed by atoms with Gasteiger partial charge in [-0.1, -0.05) is 18.2 Å². The SMILES string of the molecule is COc1ccc2ccc3c(=O)c(CN(CCCc4cccnc4)Cc4ccncc4)coc3c2c1. The number of pyridine rings is 2. The fourth-order valence-corrected chi connectivity index (χ4v) is 4.42. The second-order valence-electron chi connectivity index (χ2n) is 8.65. The molecule has 3 aromatic heterocycles. The van der Waals surface area contributed by atoms with E-state index in [2.05, 4.69) is 20.9 Å². The number of nitrogens with zero attached hydrogens (tertiary/aromatic N) is 3. The highest BCUT2D eigenvalue weighted by Crippen LogP contribution is 2.28. The quantitative estimate of drug-likeness (QED) is 0.272. The van der Waals surface area contributed by atoms with Gasteiger partial charge in [-0.25, -0.2) is 0 Å². The molecule has 0 atom stereocenters. The third-order valence-electron chi connectivity index (χ3n) is 6.25. The molecule has 0 unspecified atom stereocenters. The van der Waals surface area contributed by atoms with Crippen molar-refractivity contribution in [2.24, 2.45) is 0 Å². The smallest absolute Gasteiger partial charge is 0.197 e. The Morgan fingerprint density at radius 3 is 2.57 bits per heavy atom. The molecule has 0 saturated heterocycles. The fourth-order valence-electron chi connectivity index (χ4n) is 4.42. The Labute approximate surface area is 203 Å².